The highest BCUT2D eigenvalue weighted by atomic mass is 19.1. The van der Waals surface area contributed by atoms with Crippen LogP contribution in [-0.4, -0.2) is 59.6 Å². The maximum absolute atomic E-state index is 14.6. The third-order valence-electron chi connectivity index (χ3n) is 6.97. The average molecular weight is 572 g/mol. The number of ether oxygens (including phenoxy) is 2. The summed E-state index contributed by atoms with van der Waals surface area (Å²) in [6.45, 7) is 4.31. The molecule has 0 spiro atoms. The van der Waals surface area contributed by atoms with Crippen molar-refractivity contribution in [1.29, 1.82) is 0 Å². The SMILES string of the molecule is CCOCCCN(CC(=O)N(Cc1ccccc1)Cc1cccn1Cc1cccc(OC)c1)C(=O)c1ccccc1F. The van der Waals surface area contributed by atoms with Crippen LogP contribution in [0.1, 0.15) is 40.5 Å². The van der Waals surface area contributed by atoms with Gasteiger partial charge in [-0.2, -0.15) is 0 Å². The van der Waals surface area contributed by atoms with Crippen LogP contribution in [0.4, 0.5) is 4.39 Å². The van der Waals surface area contributed by atoms with Crippen molar-refractivity contribution in [2.75, 3.05) is 33.4 Å². The minimum Gasteiger partial charge on any atom is -0.497 e. The van der Waals surface area contributed by atoms with Gasteiger partial charge in [-0.05, 0) is 60.9 Å². The number of aromatic nitrogens is 1. The second-order valence-electron chi connectivity index (χ2n) is 9.97. The summed E-state index contributed by atoms with van der Waals surface area (Å²) in [4.78, 5) is 30.5. The molecular weight excluding hydrogens is 533 g/mol. The third-order valence-corrected chi connectivity index (χ3v) is 6.97. The number of nitrogens with zero attached hydrogens (tertiary/aromatic N) is 3. The van der Waals surface area contributed by atoms with Gasteiger partial charge >= 0.3 is 0 Å². The topological polar surface area (TPSA) is 64.0 Å². The first-order valence-corrected chi connectivity index (χ1v) is 14.2. The number of carbonyl (C=O) groups excluding carboxylic acids is 2. The lowest BCUT2D eigenvalue weighted by Crippen LogP contribution is -2.43. The van der Waals surface area contributed by atoms with E-state index in [1.165, 1.54) is 17.0 Å². The summed E-state index contributed by atoms with van der Waals surface area (Å²) in [6.07, 6.45) is 2.52. The van der Waals surface area contributed by atoms with Crippen molar-refractivity contribution in [1.82, 2.24) is 14.4 Å². The Morgan fingerprint density at radius 3 is 2.38 bits per heavy atom. The molecule has 0 saturated carbocycles. The normalized spacial score (nSPS) is 10.8. The highest BCUT2D eigenvalue weighted by molar-refractivity contribution is 5.96. The molecule has 7 nitrogen and oxygen atoms in total. The van der Waals surface area contributed by atoms with Crippen LogP contribution in [0.2, 0.25) is 0 Å². The average Bonchev–Trinajstić information content (AvgIpc) is 3.44. The fourth-order valence-electron chi connectivity index (χ4n) is 4.77. The van der Waals surface area contributed by atoms with Crippen LogP contribution in [0.15, 0.2) is 97.2 Å². The fraction of sp³-hybridized carbons (Fsp3) is 0.294. The lowest BCUT2D eigenvalue weighted by molar-refractivity contribution is -0.133. The zero-order valence-corrected chi connectivity index (χ0v) is 24.2. The molecule has 220 valence electrons. The van der Waals surface area contributed by atoms with Crippen molar-refractivity contribution >= 4 is 11.8 Å². The number of hydrogen-bond donors (Lipinski definition) is 0. The molecular formula is C34H38FN3O4. The fourth-order valence-corrected chi connectivity index (χ4v) is 4.77. The van der Waals surface area contributed by atoms with Gasteiger partial charge in [0, 0.05) is 44.7 Å². The summed E-state index contributed by atoms with van der Waals surface area (Å²) < 4.78 is 27.5. The highest BCUT2D eigenvalue weighted by Gasteiger charge is 2.25. The molecule has 3 aromatic carbocycles. The summed E-state index contributed by atoms with van der Waals surface area (Å²) >= 11 is 0. The molecule has 0 bridgehead atoms. The Morgan fingerprint density at radius 1 is 0.857 bits per heavy atom. The van der Waals surface area contributed by atoms with Crippen LogP contribution >= 0.6 is 0 Å². The Labute approximate surface area is 247 Å². The molecule has 2 amide bonds. The Kier molecular flexibility index (Phi) is 11.3. The van der Waals surface area contributed by atoms with Gasteiger partial charge in [0.25, 0.3) is 5.91 Å². The second-order valence-corrected chi connectivity index (χ2v) is 9.97. The number of rotatable bonds is 15. The predicted molar refractivity (Wildman–Crippen MR) is 161 cm³/mol. The molecule has 0 unspecified atom stereocenters. The van der Waals surface area contributed by atoms with Crippen LogP contribution in [0.5, 0.6) is 5.75 Å². The van der Waals surface area contributed by atoms with Gasteiger partial charge in [0.15, 0.2) is 0 Å². The van der Waals surface area contributed by atoms with Crippen LogP contribution in [0.3, 0.4) is 0 Å². The van der Waals surface area contributed by atoms with Gasteiger partial charge in [-0.3, -0.25) is 9.59 Å². The highest BCUT2D eigenvalue weighted by Crippen LogP contribution is 2.18. The summed E-state index contributed by atoms with van der Waals surface area (Å²) in [5.74, 6) is -0.569. The van der Waals surface area contributed by atoms with Crippen LogP contribution in [-0.2, 0) is 29.2 Å². The van der Waals surface area contributed by atoms with Crippen LogP contribution < -0.4 is 4.74 Å². The lowest BCUT2D eigenvalue weighted by Gasteiger charge is -2.28. The Morgan fingerprint density at radius 2 is 1.62 bits per heavy atom. The van der Waals surface area contributed by atoms with E-state index in [9.17, 15) is 14.0 Å². The van der Waals surface area contributed by atoms with Gasteiger partial charge in [0.05, 0.1) is 19.2 Å². The molecule has 4 rings (SSSR count). The van der Waals surface area contributed by atoms with Crippen molar-refractivity contribution in [3.05, 3.63) is 125 Å². The van der Waals surface area contributed by atoms with E-state index in [1.807, 2.05) is 79.9 Å². The second kappa shape index (κ2) is 15.5. The van der Waals surface area contributed by atoms with Crippen molar-refractivity contribution in [2.24, 2.45) is 0 Å². The Hall–Kier alpha value is -4.43. The zero-order valence-electron chi connectivity index (χ0n) is 24.2. The molecule has 1 heterocycles. The van der Waals surface area contributed by atoms with Gasteiger partial charge < -0.3 is 23.8 Å². The van der Waals surface area contributed by atoms with Crippen molar-refractivity contribution in [3.8, 4) is 5.75 Å². The van der Waals surface area contributed by atoms with E-state index in [0.29, 0.717) is 39.3 Å². The Balaban J connectivity index is 1.57. The zero-order chi connectivity index (χ0) is 29.7. The summed E-state index contributed by atoms with van der Waals surface area (Å²) in [6, 6.07) is 27.5. The number of methoxy groups -OCH3 is 1. The van der Waals surface area contributed by atoms with Gasteiger partial charge in [-0.15, -0.1) is 0 Å². The monoisotopic (exact) mass is 571 g/mol. The van der Waals surface area contributed by atoms with E-state index >= 15 is 0 Å². The summed E-state index contributed by atoms with van der Waals surface area (Å²) in [5, 5.41) is 0. The van der Waals surface area contributed by atoms with E-state index in [1.54, 1.807) is 24.1 Å². The number of carbonyl (C=O) groups is 2. The first-order valence-electron chi connectivity index (χ1n) is 14.2. The summed E-state index contributed by atoms with van der Waals surface area (Å²) in [7, 11) is 1.64. The van der Waals surface area contributed by atoms with E-state index in [-0.39, 0.29) is 24.6 Å². The minimum absolute atomic E-state index is 0.0523. The quantitative estimate of drug-likeness (QED) is 0.170. The smallest absolute Gasteiger partial charge is 0.257 e. The van der Waals surface area contributed by atoms with Gasteiger partial charge in [0.2, 0.25) is 5.91 Å². The van der Waals surface area contributed by atoms with Crippen LogP contribution in [0, 0.1) is 5.82 Å². The Bertz CT molecular complexity index is 1440. The predicted octanol–water partition coefficient (Wildman–Crippen LogP) is 5.78. The standard InChI is InChI=1S/C34H38FN3O4/c1-3-42-21-11-20-37(34(40)31-17-7-8-18-32(31)35)26-33(39)38(23-27-12-5-4-6-13-27)25-29-15-10-19-36(29)24-28-14-9-16-30(22-28)41-2/h4-10,12-19,22H,3,11,20-21,23-26H2,1-2H3. The van der Waals surface area contributed by atoms with E-state index in [0.717, 1.165) is 22.6 Å². The molecule has 8 heteroatoms. The van der Waals surface area contributed by atoms with E-state index in [2.05, 4.69) is 4.57 Å². The molecule has 1 aromatic heterocycles. The van der Waals surface area contributed by atoms with Crippen LogP contribution in [0.25, 0.3) is 0 Å². The lowest BCUT2D eigenvalue weighted by atomic mass is 10.1. The molecule has 0 radical (unpaired) electrons. The maximum Gasteiger partial charge on any atom is 0.257 e. The van der Waals surface area contributed by atoms with E-state index in [4.69, 9.17) is 9.47 Å². The molecule has 0 aliphatic carbocycles. The minimum atomic E-state index is -0.610. The molecule has 0 atom stereocenters. The molecule has 0 fully saturated rings. The van der Waals surface area contributed by atoms with Crippen molar-refractivity contribution in [3.63, 3.8) is 0 Å². The molecule has 42 heavy (non-hydrogen) atoms. The van der Waals surface area contributed by atoms with Crippen molar-refractivity contribution in [2.45, 2.75) is 33.0 Å². The number of benzene rings is 3. The molecule has 4 aromatic rings. The first-order chi connectivity index (χ1) is 20.5. The van der Waals surface area contributed by atoms with Gasteiger partial charge in [-0.1, -0.05) is 54.6 Å². The molecule has 0 N–H and O–H groups in total. The largest absolute Gasteiger partial charge is 0.497 e. The van der Waals surface area contributed by atoms with Crippen molar-refractivity contribution < 1.29 is 23.5 Å². The third kappa shape index (κ3) is 8.54. The van der Waals surface area contributed by atoms with Gasteiger partial charge in [0.1, 0.15) is 18.1 Å². The number of halogens is 1. The number of amides is 2. The molecule has 0 aliphatic rings. The van der Waals surface area contributed by atoms with E-state index < -0.39 is 11.7 Å². The maximum atomic E-state index is 14.6. The summed E-state index contributed by atoms with van der Waals surface area (Å²) in [5.41, 5.74) is 2.94. The number of hydrogen-bond acceptors (Lipinski definition) is 4. The van der Waals surface area contributed by atoms with Gasteiger partial charge in [-0.25, -0.2) is 4.39 Å². The molecule has 0 aliphatic heterocycles. The first kappa shape index (κ1) is 30.5. The molecule has 0 saturated heterocycles.